The molecule has 7 heteroatoms. The van der Waals surface area contributed by atoms with Crippen LogP contribution in [0.4, 0.5) is 24.5 Å². The quantitative estimate of drug-likeness (QED) is 0.487. The van der Waals surface area contributed by atoms with E-state index in [1.165, 1.54) is 17.8 Å². The van der Waals surface area contributed by atoms with Crippen molar-refractivity contribution in [2.24, 2.45) is 4.99 Å². The van der Waals surface area contributed by atoms with Gasteiger partial charge in [-0.2, -0.15) is 13.2 Å². The standard InChI is InChI=1S/C23H17F3N2OS/c1-29-18-10-8-17(9-11-18)27-22-28-20-12-7-16(23(24,25)26)14-19(20)21(30-22)13-15-5-3-2-4-6-15/h2-14H,1H3,(H,27,28)/b21-13-. The minimum atomic E-state index is -4.41. The normalized spacial score (nSPS) is 14.8. The Morgan fingerprint density at radius 3 is 2.37 bits per heavy atom. The van der Waals surface area contributed by atoms with Gasteiger partial charge in [-0.1, -0.05) is 42.1 Å². The minimum absolute atomic E-state index is 0.457. The summed E-state index contributed by atoms with van der Waals surface area (Å²) in [6.45, 7) is 0. The summed E-state index contributed by atoms with van der Waals surface area (Å²) in [5.74, 6) is 0.730. The average Bonchev–Trinajstić information content (AvgIpc) is 2.74. The van der Waals surface area contributed by atoms with E-state index in [0.29, 0.717) is 21.3 Å². The Hall–Kier alpha value is -3.19. The number of rotatable bonds is 3. The van der Waals surface area contributed by atoms with Gasteiger partial charge in [-0.25, -0.2) is 4.99 Å². The fraction of sp³-hybridized carbons (Fsp3) is 0.0870. The monoisotopic (exact) mass is 426 g/mol. The molecular weight excluding hydrogens is 409 g/mol. The van der Waals surface area contributed by atoms with E-state index < -0.39 is 11.7 Å². The first kappa shape index (κ1) is 20.1. The lowest BCUT2D eigenvalue weighted by Crippen LogP contribution is -2.11. The molecule has 0 radical (unpaired) electrons. The molecule has 0 saturated carbocycles. The van der Waals surface area contributed by atoms with Gasteiger partial charge in [0.05, 0.1) is 18.4 Å². The maximum Gasteiger partial charge on any atom is 0.416 e. The van der Waals surface area contributed by atoms with Gasteiger partial charge < -0.3 is 10.1 Å². The fourth-order valence-electron chi connectivity index (χ4n) is 2.96. The second-order valence-electron chi connectivity index (χ2n) is 6.52. The first-order chi connectivity index (χ1) is 14.4. The molecule has 0 spiro atoms. The summed E-state index contributed by atoms with van der Waals surface area (Å²) in [6.07, 6.45) is -2.54. The van der Waals surface area contributed by atoms with Gasteiger partial charge in [0.2, 0.25) is 0 Å². The van der Waals surface area contributed by atoms with Crippen molar-refractivity contribution in [3.63, 3.8) is 0 Å². The van der Waals surface area contributed by atoms with Crippen molar-refractivity contribution >= 4 is 39.3 Å². The lowest BCUT2D eigenvalue weighted by molar-refractivity contribution is -0.137. The highest BCUT2D eigenvalue weighted by molar-refractivity contribution is 8.22. The zero-order chi connectivity index (χ0) is 21.1. The summed E-state index contributed by atoms with van der Waals surface area (Å²) in [5.41, 5.74) is 1.95. The summed E-state index contributed by atoms with van der Waals surface area (Å²) in [5, 5.41) is 3.81. The van der Waals surface area contributed by atoms with Crippen molar-refractivity contribution < 1.29 is 17.9 Å². The van der Waals surface area contributed by atoms with Gasteiger partial charge in [-0.05, 0) is 54.1 Å². The second-order valence-corrected chi connectivity index (χ2v) is 7.55. The molecule has 0 unspecified atom stereocenters. The summed E-state index contributed by atoms with van der Waals surface area (Å²) in [7, 11) is 1.59. The van der Waals surface area contributed by atoms with Gasteiger partial charge in [-0.15, -0.1) is 0 Å². The maximum atomic E-state index is 13.3. The molecule has 0 atom stereocenters. The number of amidine groups is 1. The van der Waals surface area contributed by atoms with Crippen LogP contribution < -0.4 is 10.1 Å². The van der Waals surface area contributed by atoms with Crippen molar-refractivity contribution in [1.29, 1.82) is 0 Å². The molecule has 1 aliphatic heterocycles. The molecule has 0 fully saturated rings. The Balaban J connectivity index is 1.74. The zero-order valence-corrected chi connectivity index (χ0v) is 16.7. The van der Waals surface area contributed by atoms with Gasteiger partial charge in [0, 0.05) is 16.2 Å². The van der Waals surface area contributed by atoms with Gasteiger partial charge >= 0.3 is 6.18 Å². The van der Waals surface area contributed by atoms with E-state index in [9.17, 15) is 13.2 Å². The van der Waals surface area contributed by atoms with Crippen LogP contribution in [0.5, 0.6) is 5.75 Å². The molecule has 0 aliphatic carbocycles. The number of hydrogen-bond donors (Lipinski definition) is 1. The van der Waals surface area contributed by atoms with Crippen LogP contribution in [-0.2, 0) is 6.18 Å². The van der Waals surface area contributed by atoms with Crippen molar-refractivity contribution in [3.05, 3.63) is 89.5 Å². The van der Waals surface area contributed by atoms with Crippen LogP contribution in [-0.4, -0.2) is 12.3 Å². The van der Waals surface area contributed by atoms with E-state index in [1.54, 1.807) is 7.11 Å². The van der Waals surface area contributed by atoms with Gasteiger partial charge in [0.15, 0.2) is 5.17 Å². The van der Waals surface area contributed by atoms with Gasteiger partial charge in [0.1, 0.15) is 5.75 Å². The van der Waals surface area contributed by atoms with Crippen molar-refractivity contribution in [3.8, 4) is 5.75 Å². The Kier molecular flexibility index (Phi) is 5.55. The van der Waals surface area contributed by atoms with Crippen LogP contribution in [0, 0.1) is 0 Å². The molecule has 3 aromatic rings. The van der Waals surface area contributed by atoms with Gasteiger partial charge in [-0.3, -0.25) is 0 Å². The number of hydrogen-bond acceptors (Lipinski definition) is 4. The first-order valence-electron chi connectivity index (χ1n) is 9.08. The topological polar surface area (TPSA) is 33.6 Å². The van der Waals surface area contributed by atoms with Crippen molar-refractivity contribution in [1.82, 2.24) is 0 Å². The highest BCUT2D eigenvalue weighted by atomic mass is 32.2. The Labute approximate surface area is 176 Å². The third kappa shape index (κ3) is 4.52. The van der Waals surface area contributed by atoms with Crippen molar-refractivity contribution in [2.75, 3.05) is 12.4 Å². The zero-order valence-electron chi connectivity index (χ0n) is 15.9. The molecule has 152 valence electrons. The average molecular weight is 426 g/mol. The SMILES string of the molecule is COc1ccc(NC2=Nc3ccc(C(F)(F)F)cc3/C(=C/c3ccccc3)S2)cc1. The van der Waals surface area contributed by atoms with E-state index >= 15 is 0 Å². The molecule has 1 aliphatic rings. The van der Waals surface area contributed by atoms with Crippen LogP contribution in [0.3, 0.4) is 0 Å². The molecule has 0 saturated heterocycles. The van der Waals surface area contributed by atoms with Crippen molar-refractivity contribution in [2.45, 2.75) is 6.18 Å². The van der Waals surface area contributed by atoms with E-state index in [4.69, 9.17) is 4.74 Å². The summed E-state index contributed by atoms with van der Waals surface area (Å²) in [4.78, 5) is 5.22. The van der Waals surface area contributed by atoms with Crippen LogP contribution >= 0.6 is 11.8 Å². The number of benzene rings is 3. The largest absolute Gasteiger partial charge is 0.497 e. The highest BCUT2D eigenvalue weighted by Crippen LogP contribution is 2.44. The van der Waals surface area contributed by atoms with E-state index in [0.717, 1.165) is 29.1 Å². The number of nitrogens with zero attached hydrogens (tertiary/aromatic N) is 1. The predicted octanol–water partition coefficient (Wildman–Crippen LogP) is 7.06. The first-order valence-corrected chi connectivity index (χ1v) is 9.90. The molecule has 0 bridgehead atoms. The second kappa shape index (κ2) is 8.28. The Bertz CT molecular complexity index is 1110. The van der Waals surface area contributed by atoms with E-state index in [1.807, 2.05) is 60.7 Å². The molecule has 0 amide bonds. The van der Waals surface area contributed by atoms with Crippen LogP contribution in [0.2, 0.25) is 0 Å². The summed E-state index contributed by atoms with van der Waals surface area (Å²) in [6, 6.07) is 20.4. The molecule has 1 N–H and O–H groups in total. The Morgan fingerprint density at radius 1 is 0.967 bits per heavy atom. The molecule has 3 aromatic carbocycles. The number of thioether (sulfide) groups is 1. The molecular formula is C23H17F3N2OS. The minimum Gasteiger partial charge on any atom is -0.497 e. The van der Waals surface area contributed by atoms with E-state index in [2.05, 4.69) is 10.3 Å². The fourth-order valence-corrected chi connectivity index (χ4v) is 3.95. The molecule has 4 rings (SSSR count). The predicted molar refractivity (Wildman–Crippen MR) is 117 cm³/mol. The number of alkyl halides is 3. The lowest BCUT2D eigenvalue weighted by Gasteiger charge is -2.20. The number of ether oxygens (including phenoxy) is 1. The van der Waals surface area contributed by atoms with Crippen LogP contribution in [0.1, 0.15) is 16.7 Å². The number of methoxy groups -OCH3 is 1. The smallest absolute Gasteiger partial charge is 0.416 e. The van der Waals surface area contributed by atoms with Gasteiger partial charge in [0.25, 0.3) is 0 Å². The number of aliphatic imine (C=N–C) groups is 1. The number of anilines is 1. The van der Waals surface area contributed by atoms with Crippen LogP contribution in [0.15, 0.2) is 77.8 Å². The lowest BCUT2D eigenvalue weighted by atomic mass is 10.1. The maximum absolute atomic E-state index is 13.3. The molecule has 3 nitrogen and oxygen atoms in total. The highest BCUT2D eigenvalue weighted by Gasteiger charge is 2.32. The summed E-state index contributed by atoms with van der Waals surface area (Å²) < 4.78 is 44.9. The molecule has 30 heavy (non-hydrogen) atoms. The Morgan fingerprint density at radius 2 is 1.70 bits per heavy atom. The molecule has 0 aromatic heterocycles. The van der Waals surface area contributed by atoms with E-state index in [-0.39, 0.29) is 0 Å². The third-order valence-corrected chi connectivity index (χ3v) is 5.40. The number of halogens is 3. The summed E-state index contributed by atoms with van der Waals surface area (Å²) >= 11 is 1.29. The third-order valence-electron chi connectivity index (χ3n) is 4.46. The number of nitrogens with one attached hydrogen (secondary N) is 1. The van der Waals surface area contributed by atoms with Crippen LogP contribution in [0.25, 0.3) is 11.0 Å². The number of fused-ring (bicyclic) bond motifs is 1. The molecule has 1 heterocycles.